The second-order valence-corrected chi connectivity index (χ2v) is 12.4. The van der Waals surface area contributed by atoms with Crippen LogP contribution in [0.25, 0.3) is 16.9 Å². The average Bonchev–Trinajstić information content (AvgIpc) is 3.38. The molecule has 0 aliphatic heterocycles. The summed E-state index contributed by atoms with van der Waals surface area (Å²) in [6.07, 6.45) is 0. The molecule has 0 spiro atoms. The van der Waals surface area contributed by atoms with Crippen LogP contribution in [0.15, 0.2) is 88.9 Å². The molecule has 0 atom stereocenters. The van der Waals surface area contributed by atoms with Crippen LogP contribution in [0, 0.1) is 0 Å². The first kappa shape index (κ1) is 33.2. The maximum atomic E-state index is 13.4. The SMILES string of the molecule is CC(=O)/C(=N\Nc1cccc(-n2nc(C(=O)Nc3ccc(S(N)(=O)=O)cc3)c(C(=O)O)c2-c2ccccc2)c1)C(=O)OC(C)(C)C. The maximum Gasteiger partial charge on any atom is 0.363 e. The fraction of sp³-hybridized carbons (Fsp3) is 0.161. The summed E-state index contributed by atoms with van der Waals surface area (Å²) in [7, 11) is -3.97. The van der Waals surface area contributed by atoms with E-state index in [-0.39, 0.29) is 16.3 Å². The van der Waals surface area contributed by atoms with E-state index in [0.29, 0.717) is 16.9 Å². The number of esters is 1. The van der Waals surface area contributed by atoms with Crippen LogP contribution in [0.3, 0.4) is 0 Å². The Bertz CT molecular complexity index is 1960. The Labute approximate surface area is 263 Å². The summed E-state index contributed by atoms with van der Waals surface area (Å²) in [5.74, 6) is -3.85. The van der Waals surface area contributed by atoms with Crippen LogP contribution < -0.4 is 15.9 Å². The average molecular weight is 647 g/mol. The number of aromatic carboxylic acids is 1. The lowest BCUT2D eigenvalue weighted by molar-refractivity contribution is -0.146. The van der Waals surface area contributed by atoms with Crippen molar-refractivity contribution in [1.82, 2.24) is 9.78 Å². The molecule has 0 fully saturated rings. The second kappa shape index (κ2) is 13.1. The number of nitrogens with two attached hydrogens (primary N) is 1. The number of hydrogen-bond acceptors (Lipinski definition) is 10. The van der Waals surface area contributed by atoms with Gasteiger partial charge in [0, 0.05) is 18.2 Å². The van der Waals surface area contributed by atoms with Crippen molar-refractivity contribution in [2.75, 3.05) is 10.7 Å². The molecular formula is C31H30N6O8S. The van der Waals surface area contributed by atoms with Crippen LogP contribution in [0.5, 0.6) is 0 Å². The van der Waals surface area contributed by atoms with E-state index in [0.717, 1.165) is 0 Å². The van der Waals surface area contributed by atoms with Gasteiger partial charge in [0.1, 0.15) is 11.2 Å². The lowest BCUT2D eigenvalue weighted by Crippen LogP contribution is -2.32. The number of hydrogen-bond donors (Lipinski definition) is 4. The number of carboxylic acids is 1. The fourth-order valence-corrected chi connectivity index (χ4v) is 4.68. The Balaban J connectivity index is 1.78. The van der Waals surface area contributed by atoms with Crippen molar-refractivity contribution in [3.05, 3.63) is 90.1 Å². The van der Waals surface area contributed by atoms with Crippen LogP contribution >= 0.6 is 0 Å². The number of hydrazone groups is 1. The number of primary sulfonamides is 1. The number of ketones is 1. The van der Waals surface area contributed by atoms with E-state index in [4.69, 9.17) is 9.88 Å². The number of amides is 1. The van der Waals surface area contributed by atoms with Crippen molar-refractivity contribution in [2.45, 2.75) is 38.2 Å². The third kappa shape index (κ3) is 7.88. The van der Waals surface area contributed by atoms with E-state index in [9.17, 15) is 32.7 Å². The molecule has 0 bridgehead atoms. The number of ether oxygens (including phenoxy) is 1. The lowest BCUT2D eigenvalue weighted by atomic mass is 10.0. The maximum absolute atomic E-state index is 13.4. The quantitative estimate of drug-likeness (QED) is 0.0846. The number of sulfonamides is 1. The van der Waals surface area contributed by atoms with Gasteiger partial charge in [0.2, 0.25) is 15.7 Å². The van der Waals surface area contributed by atoms with Crippen molar-refractivity contribution in [3.8, 4) is 16.9 Å². The summed E-state index contributed by atoms with van der Waals surface area (Å²) in [5, 5.41) is 26.3. The van der Waals surface area contributed by atoms with Crippen LogP contribution in [0.2, 0.25) is 0 Å². The van der Waals surface area contributed by atoms with Crippen LogP contribution in [-0.2, 0) is 24.3 Å². The number of aromatic nitrogens is 2. The molecule has 4 aromatic rings. The lowest BCUT2D eigenvalue weighted by Gasteiger charge is -2.19. The summed E-state index contributed by atoms with van der Waals surface area (Å²) in [5.41, 5.74) is 1.79. The minimum Gasteiger partial charge on any atom is -0.478 e. The number of Topliss-reactive ketones (excluding diaryl/α,β-unsaturated/α-hetero) is 1. The van der Waals surface area contributed by atoms with Gasteiger partial charge in [-0.1, -0.05) is 36.4 Å². The van der Waals surface area contributed by atoms with Crippen LogP contribution in [0.4, 0.5) is 11.4 Å². The highest BCUT2D eigenvalue weighted by Crippen LogP contribution is 2.31. The Kier molecular flexibility index (Phi) is 9.49. The molecule has 1 heterocycles. The highest BCUT2D eigenvalue weighted by Gasteiger charge is 2.30. The molecule has 4 rings (SSSR count). The summed E-state index contributed by atoms with van der Waals surface area (Å²) < 4.78 is 29.7. The number of anilines is 2. The highest BCUT2D eigenvalue weighted by molar-refractivity contribution is 7.89. The van der Waals surface area contributed by atoms with Crippen molar-refractivity contribution in [3.63, 3.8) is 0 Å². The van der Waals surface area contributed by atoms with Gasteiger partial charge in [-0.2, -0.15) is 10.2 Å². The van der Waals surface area contributed by atoms with Gasteiger partial charge >= 0.3 is 11.9 Å². The Morgan fingerprint density at radius 1 is 0.935 bits per heavy atom. The molecule has 1 amide bonds. The molecule has 0 radical (unpaired) electrons. The Morgan fingerprint density at radius 2 is 1.59 bits per heavy atom. The van der Waals surface area contributed by atoms with Crippen LogP contribution in [0.1, 0.15) is 48.5 Å². The van der Waals surface area contributed by atoms with E-state index in [1.807, 2.05) is 0 Å². The Hall–Kier alpha value is -5.67. The van der Waals surface area contributed by atoms with Gasteiger partial charge in [0.25, 0.3) is 5.91 Å². The van der Waals surface area contributed by atoms with E-state index in [2.05, 4.69) is 20.9 Å². The number of benzene rings is 3. The largest absolute Gasteiger partial charge is 0.478 e. The minimum atomic E-state index is -3.97. The van der Waals surface area contributed by atoms with E-state index in [1.165, 1.54) is 41.9 Å². The molecule has 3 aromatic carbocycles. The molecule has 0 aliphatic carbocycles. The van der Waals surface area contributed by atoms with Gasteiger partial charge in [0.05, 0.1) is 22.0 Å². The molecule has 14 nitrogen and oxygen atoms in total. The first-order chi connectivity index (χ1) is 21.5. The van der Waals surface area contributed by atoms with Gasteiger partial charge in [-0.05, 0) is 63.2 Å². The number of carbonyl (C=O) groups excluding carboxylic acids is 3. The summed E-state index contributed by atoms with van der Waals surface area (Å²) >= 11 is 0. The zero-order chi connectivity index (χ0) is 33.8. The molecule has 1 aromatic heterocycles. The van der Waals surface area contributed by atoms with Crippen molar-refractivity contribution in [2.24, 2.45) is 10.2 Å². The zero-order valence-electron chi connectivity index (χ0n) is 25.1. The summed E-state index contributed by atoms with van der Waals surface area (Å²) in [6.45, 7) is 6.12. The van der Waals surface area contributed by atoms with Gasteiger partial charge < -0.3 is 15.2 Å². The van der Waals surface area contributed by atoms with Gasteiger partial charge in [0.15, 0.2) is 11.5 Å². The van der Waals surface area contributed by atoms with Gasteiger partial charge in [-0.25, -0.2) is 27.8 Å². The van der Waals surface area contributed by atoms with Crippen molar-refractivity contribution >= 4 is 50.7 Å². The standard InChI is InChI=1S/C31H30N6O8S/c1-18(38)25(30(42)45-31(2,3)4)35-34-21-11-8-12-22(17-21)37-27(19-9-6-5-7-10-19)24(29(40)41)26(36-37)28(39)33-20-13-15-23(16-14-20)46(32,43)44/h5-17,34H,1-4H3,(H,33,39)(H,40,41)(H2,32,43,44)/b35-25+. The number of carboxylic acid groups (broad SMARTS) is 1. The van der Waals surface area contributed by atoms with E-state index >= 15 is 0 Å². The molecule has 0 saturated carbocycles. The first-order valence-electron chi connectivity index (χ1n) is 13.6. The van der Waals surface area contributed by atoms with E-state index in [1.54, 1.807) is 69.3 Å². The molecule has 46 heavy (non-hydrogen) atoms. The normalized spacial score (nSPS) is 11.9. The molecule has 238 valence electrons. The second-order valence-electron chi connectivity index (χ2n) is 10.9. The fourth-order valence-electron chi connectivity index (χ4n) is 4.17. The third-order valence-corrected chi connectivity index (χ3v) is 7.04. The van der Waals surface area contributed by atoms with Crippen LogP contribution in [-0.4, -0.2) is 58.2 Å². The number of carbonyl (C=O) groups is 4. The number of nitrogens with zero attached hydrogens (tertiary/aromatic N) is 3. The Morgan fingerprint density at radius 3 is 2.15 bits per heavy atom. The van der Waals surface area contributed by atoms with Gasteiger partial charge in [-0.15, -0.1) is 0 Å². The third-order valence-electron chi connectivity index (χ3n) is 6.12. The molecular weight excluding hydrogens is 616 g/mol. The predicted molar refractivity (Wildman–Crippen MR) is 169 cm³/mol. The molecule has 0 saturated heterocycles. The van der Waals surface area contributed by atoms with Crippen molar-refractivity contribution in [1.29, 1.82) is 0 Å². The summed E-state index contributed by atoms with van der Waals surface area (Å²) in [6, 6.07) is 19.7. The minimum absolute atomic E-state index is 0.0849. The zero-order valence-corrected chi connectivity index (χ0v) is 26.0. The molecule has 0 unspecified atom stereocenters. The topological polar surface area (TPSA) is 212 Å². The smallest absolute Gasteiger partial charge is 0.363 e. The molecule has 15 heteroatoms. The number of rotatable bonds is 10. The van der Waals surface area contributed by atoms with Gasteiger partial charge in [-0.3, -0.25) is 15.0 Å². The number of nitrogens with one attached hydrogen (secondary N) is 2. The van der Waals surface area contributed by atoms with Crippen molar-refractivity contribution < 1.29 is 37.4 Å². The predicted octanol–water partition coefficient (Wildman–Crippen LogP) is 3.84. The monoisotopic (exact) mass is 646 g/mol. The molecule has 5 N–H and O–H groups in total. The van der Waals surface area contributed by atoms with E-state index < -0.39 is 56.2 Å². The molecule has 0 aliphatic rings. The first-order valence-corrected chi connectivity index (χ1v) is 15.1. The highest BCUT2D eigenvalue weighted by atomic mass is 32.2. The summed E-state index contributed by atoms with van der Waals surface area (Å²) in [4.78, 5) is 50.5.